The van der Waals surface area contributed by atoms with Gasteiger partial charge in [0.25, 0.3) is 0 Å². The Morgan fingerprint density at radius 2 is 1.31 bits per heavy atom. The standard InChI is InChI=1S/C36H42N2O/c1-7-27(6)34-15-11-14-33(26(4)5)35(34)37-36(39)38(32-22-20-29(21-23-32)25(2)3)24-28-16-18-31(19-17-28)30-12-9-8-10-13-30/h8-23,25-27H,7,24H2,1-6H3,(H,37,39). The first-order chi connectivity index (χ1) is 18.8. The highest BCUT2D eigenvalue weighted by Crippen LogP contribution is 2.34. The Bertz CT molecular complexity index is 1360. The van der Waals surface area contributed by atoms with E-state index in [4.69, 9.17) is 0 Å². The molecule has 1 unspecified atom stereocenters. The number of nitrogens with one attached hydrogen (secondary N) is 1. The fraction of sp³-hybridized carbons (Fsp3) is 0.306. The zero-order valence-corrected chi connectivity index (χ0v) is 24.2. The predicted octanol–water partition coefficient (Wildman–Crippen LogP) is 10.4. The number of hydrogen-bond donors (Lipinski definition) is 1. The number of amides is 2. The molecular formula is C36H42N2O. The van der Waals surface area contributed by atoms with Gasteiger partial charge >= 0.3 is 6.03 Å². The van der Waals surface area contributed by atoms with E-state index in [1.165, 1.54) is 27.8 Å². The molecule has 0 fully saturated rings. The first-order valence-corrected chi connectivity index (χ1v) is 14.2. The molecule has 4 rings (SSSR count). The summed E-state index contributed by atoms with van der Waals surface area (Å²) in [4.78, 5) is 15.9. The summed E-state index contributed by atoms with van der Waals surface area (Å²) >= 11 is 0. The van der Waals surface area contributed by atoms with Gasteiger partial charge in [-0.25, -0.2) is 4.79 Å². The molecule has 202 valence electrons. The fourth-order valence-corrected chi connectivity index (χ4v) is 4.95. The Balaban J connectivity index is 1.69. The number of rotatable bonds is 9. The van der Waals surface area contributed by atoms with Gasteiger partial charge in [0.2, 0.25) is 0 Å². The maximum Gasteiger partial charge on any atom is 0.326 e. The minimum Gasteiger partial charge on any atom is -0.307 e. The number of anilines is 2. The van der Waals surface area contributed by atoms with Crippen molar-refractivity contribution < 1.29 is 4.79 Å². The summed E-state index contributed by atoms with van der Waals surface area (Å²) in [6.07, 6.45) is 1.01. The van der Waals surface area contributed by atoms with Crippen molar-refractivity contribution in [1.29, 1.82) is 0 Å². The third kappa shape index (κ3) is 6.78. The van der Waals surface area contributed by atoms with Crippen LogP contribution in [0.5, 0.6) is 0 Å². The maximum absolute atomic E-state index is 14.1. The number of para-hydroxylation sites is 1. The number of carbonyl (C=O) groups excluding carboxylic acids is 1. The number of urea groups is 1. The summed E-state index contributed by atoms with van der Waals surface area (Å²) < 4.78 is 0. The van der Waals surface area contributed by atoms with E-state index in [9.17, 15) is 4.79 Å². The summed E-state index contributed by atoms with van der Waals surface area (Å²) in [6.45, 7) is 13.6. The largest absolute Gasteiger partial charge is 0.326 e. The van der Waals surface area contributed by atoms with Crippen LogP contribution in [0.4, 0.5) is 16.2 Å². The van der Waals surface area contributed by atoms with Gasteiger partial charge in [0, 0.05) is 11.4 Å². The van der Waals surface area contributed by atoms with Crippen LogP contribution < -0.4 is 10.2 Å². The van der Waals surface area contributed by atoms with Crippen molar-refractivity contribution in [2.24, 2.45) is 0 Å². The highest BCUT2D eigenvalue weighted by Gasteiger charge is 2.22. The molecular weight excluding hydrogens is 476 g/mol. The summed E-state index contributed by atoms with van der Waals surface area (Å²) in [6, 6.07) is 33.6. The molecule has 1 atom stereocenters. The zero-order valence-electron chi connectivity index (χ0n) is 24.2. The van der Waals surface area contributed by atoms with Crippen molar-refractivity contribution >= 4 is 17.4 Å². The molecule has 4 aromatic carbocycles. The Labute approximate surface area is 234 Å². The molecule has 0 bridgehead atoms. The summed E-state index contributed by atoms with van der Waals surface area (Å²) in [7, 11) is 0. The second-order valence-corrected chi connectivity index (χ2v) is 11.1. The first kappa shape index (κ1) is 28.2. The van der Waals surface area contributed by atoms with Gasteiger partial charge in [-0.05, 0) is 69.7 Å². The Hall–Kier alpha value is -3.85. The van der Waals surface area contributed by atoms with Gasteiger partial charge in [-0.1, -0.05) is 126 Å². The van der Waals surface area contributed by atoms with Crippen LogP contribution in [-0.2, 0) is 6.54 Å². The van der Waals surface area contributed by atoms with Gasteiger partial charge in [0.1, 0.15) is 0 Å². The lowest BCUT2D eigenvalue weighted by atomic mass is 9.90. The zero-order chi connectivity index (χ0) is 27.9. The first-order valence-electron chi connectivity index (χ1n) is 14.2. The number of benzene rings is 4. The normalized spacial score (nSPS) is 12.0. The smallest absolute Gasteiger partial charge is 0.307 e. The van der Waals surface area contributed by atoms with Crippen LogP contribution in [0, 0.1) is 0 Å². The van der Waals surface area contributed by atoms with Gasteiger partial charge in [0.05, 0.1) is 6.54 Å². The van der Waals surface area contributed by atoms with E-state index in [0.29, 0.717) is 24.3 Å². The Kier molecular flexibility index (Phi) is 9.24. The minimum absolute atomic E-state index is 0.114. The maximum atomic E-state index is 14.1. The fourth-order valence-electron chi connectivity index (χ4n) is 4.95. The molecule has 2 amide bonds. The van der Waals surface area contributed by atoms with Crippen molar-refractivity contribution in [3.8, 4) is 11.1 Å². The number of carbonyl (C=O) groups is 1. The molecule has 0 radical (unpaired) electrons. The molecule has 0 spiro atoms. The highest BCUT2D eigenvalue weighted by atomic mass is 16.2. The van der Waals surface area contributed by atoms with E-state index >= 15 is 0 Å². The quantitative estimate of drug-likeness (QED) is 0.235. The van der Waals surface area contributed by atoms with Gasteiger partial charge < -0.3 is 5.32 Å². The van der Waals surface area contributed by atoms with E-state index in [0.717, 1.165) is 23.4 Å². The van der Waals surface area contributed by atoms with Crippen LogP contribution in [-0.4, -0.2) is 6.03 Å². The lowest BCUT2D eigenvalue weighted by Gasteiger charge is -2.27. The van der Waals surface area contributed by atoms with Crippen molar-refractivity contribution in [2.75, 3.05) is 10.2 Å². The van der Waals surface area contributed by atoms with Crippen molar-refractivity contribution in [2.45, 2.75) is 72.3 Å². The molecule has 0 saturated carbocycles. The van der Waals surface area contributed by atoms with E-state index in [-0.39, 0.29) is 6.03 Å². The summed E-state index contributed by atoms with van der Waals surface area (Å²) in [5, 5.41) is 3.36. The van der Waals surface area contributed by atoms with Gasteiger partial charge in [0.15, 0.2) is 0 Å². The molecule has 3 nitrogen and oxygen atoms in total. The second-order valence-electron chi connectivity index (χ2n) is 11.1. The molecule has 0 saturated heterocycles. The molecule has 0 heterocycles. The van der Waals surface area contributed by atoms with Gasteiger partial charge in [-0.2, -0.15) is 0 Å². The van der Waals surface area contributed by atoms with Crippen molar-refractivity contribution in [3.05, 3.63) is 119 Å². The van der Waals surface area contributed by atoms with Crippen LogP contribution in [0.15, 0.2) is 97.1 Å². The molecule has 3 heteroatoms. The topological polar surface area (TPSA) is 32.3 Å². The Morgan fingerprint density at radius 1 is 0.692 bits per heavy atom. The molecule has 39 heavy (non-hydrogen) atoms. The Morgan fingerprint density at radius 3 is 1.90 bits per heavy atom. The van der Waals surface area contributed by atoms with Crippen LogP contribution in [0.1, 0.15) is 88.0 Å². The van der Waals surface area contributed by atoms with Crippen LogP contribution in [0.2, 0.25) is 0 Å². The molecule has 1 N–H and O–H groups in total. The van der Waals surface area contributed by atoms with E-state index in [2.05, 4.69) is 138 Å². The van der Waals surface area contributed by atoms with E-state index in [1.807, 2.05) is 11.0 Å². The predicted molar refractivity (Wildman–Crippen MR) is 167 cm³/mol. The van der Waals surface area contributed by atoms with E-state index < -0.39 is 0 Å². The van der Waals surface area contributed by atoms with Crippen LogP contribution in [0.3, 0.4) is 0 Å². The molecule has 4 aromatic rings. The number of hydrogen-bond acceptors (Lipinski definition) is 1. The second kappa shape index (κ2) is 12.8. The minimum atomic E-state index is -0.114. The average Bonchev–Trinajstić information content (AvgIpc) is 2.96. The summed E-state index contributed by atoms with van der Waals surface area (Å²) in [5.74, 6) is 1.08. The van der Waals surface area contributed by atoms with Crippen LogP contribution in [0.25, 0.3) is 11.1 Å². The van der Waals surface area contributed by atoms with Crippen LogP contribution >= 0.6 is 0 Å². The van der Waals surface area contributed by atoms with Gasteiger partial charge in [-0.15, -0.1) is 0 Å². The molecule has 0 aliphatic rings. The monoisotopic (exact) mass is 518 g/mol. The van der Waals surface area contributed by atoms with E-state index in [1.54, 1.807) is 0 Å². The third-order valence-electron chi connectivity index (χ3n) is 7.64. The molecule has 0 aromatic heterocycles. The molecule has 0 aliphatic heterocycles. The van der Waals surface area contributed by atoms with Gasteiger partial charge in [-0.3, -0.25) is 4.90 Å². The highest BCUT2D eigenvalue weighted by molar-refractivity contribution is 6.02. The lowest BCUT2D eigenvalue weighted by Crippen LogP contribution is -2.35. The van der Waals surface area contributed by atoms with Crippen molar-refractivity contribution in [3.63, 3.8) is 0 Å². The van der Waals surface area contributed by atoms with Crippen molar-refractivity contribution in [1.82, 2.24) is 0 Å². The third-order valence-corrected chi connectivity index (χ3v) is 7.64. The molecule has 0 aliphatic carbocycles. The SMILES string of the molecule is CCC(C)c1cccc(C(C)C)c1NC(=O)N(Cc1ccc(-c2ccccc2)cc1)c1ccc(C(C)C)cc1. The number of nitrogens with zero attached hydrogens (tertiary/aromatic N) is 1. The lowest BCUT2D eigenvalue weighted by molar-refractivity contribution is 0.256. The summed E-state index contributed by atoms with van der Waals surface area (Å²) in [5.41, 5.74) is 8.90. The average molecular weight is 519 g/mol.